The van der Waals surface area contributed by atoms with E-state index in [-0.39, 0.29) is 5.75 Å². The SMILES string of the molecule is COc1cc2c3c(c1OC)-c1c(ccc(O)c1OC)C[C@H]3N(C)CC2. The molecule has 0 saturated heterocycles. The molecule has 0 spiro atoms. The Kier molecular flexibility index (Phi) is 3.76. The van der Waals surface area contributed by atoms with Gasteiger partial charge in [-0.1, -0.05) is 6.07 Å². The van der Waals surface area contributed by atoms with Gasteiger partial charge in [-0.2, -0.15) is 0 Å². The van der Waals surface area contributed by atoms with Gasteiger partial charge in [-0.15, -0.1) is 0 Å². The van der Waals surface area contributed by atoms with Gasteiger partial charge in [0.2, 0.25) is 0 Å². The molecule has 25 heavy (non-hydrogen) atoms. The predicted octanol–water partition coefficient (Wildman–Crippen LogP) is 3.17. The molecule has 132 valence electrons. The summed E-state index contributed by atoms with van der Waals surface area (Å²) >= 11 is 0. The molecule has 0 aromatic heterocycles. The fourth-order valence-electron chi connectivity index (χ4n) is 4.30. The second kappa shape index (κ2) is 5.85. The number of ether oxygens (including phenoxy) is 3. The smallest absolute Gasteiger partial charge is 0.169 e. The number of phenolic OH excluding ortho intramolecular Hbond substituents is 1. The third kappa shape index (κ3) is 2.19. The molecule has 0 unspecified atom stereocenters. The van der Waals surface area contributed by atoms with Crippen molar-refractivity contribution in [2.75, 3.05) is 34.9 Å². The zero-order chi connectivity index (χ0) is 17.7. The van der Waals surface area contributed by atoms with Crippen molar-refractivity contribution in [3.05, 3.63) is 34.9 Å². The topological polar surface area (TPSA) is 51.2 Å². The number of hydrogen-bond donors (Lipinski definition) is 1. The van der Waals surface area contributed by atoms with Gasteiger partial charge < -0.3 is 19.3 Å². The summed E-state index contributed by atoms with van der Waals surface area (Å²) in [6.45, 7) is 1.01. The number of phenols is 1. The van der Waals surface area contributed by atoms with Gasteiger partial charge >= 0.3 is 0 Å². The predicted molar refractivity (Wildman–Crippen MR) is 96.0 cm³/mol. The first-order chi connectivity index (χ1) is 12.1. The number of methoxy groups -OCH3 is 3. The van der Waals surface area contributed by atoms with Crippen LogP contribution in [0.25, 0.3) is 11.1 Å². The summed E-state index contributed by atoms with van der Waals surface area (Å²) in [4.78, 5) is 2.39. The van der Waals surface area contributed by atoms with E-state index in [1.165, 1.54) is 11.1 Å². The Labute approximate surface area is 147 Å². The van der Waals surface area contributed by atoms with E-state index in [4.69, 9.17) is 14.2 Å². The van der Waals surface area contributed by atoms with Crippen LogP contribution in [0.5, 0.6) is 23.0 Å². The molecule has 1 aliphatic carbocycles. The molecule has 1 N–H and O–H groups in total. The Bertz CT molecular complexity index is 846. The molecule has 2 aromatic rings. The normalized spacial score (nSPS) is 18.3. The Hall–Kier alpha value is -2.40. The minimum atomic E-state index is 0.141. The summed E-state index contributed by atoms with van der Waals surface area (Å²) in [7, 11) is 7.07. The van der Waals surface area contributed by atoms with Crippen LogP contribution in [0.15, 0.2) is 18.2 Å². The summed E-state index contributed by atoms with van der Waals surface area (Å²) < 4.78 is 16.9. The summed E-state index contributed by atoms with van der Waals surface area (Å²) in [5.74, 6) is 2.06. The van der Waals surface area contributed by atoms with Gasteiger partial charge in [-0.3, -0.25) is 4.90 Å². The third-order valence-electron chi connectivity index (χ3n) is 5.49. The van der Waals surface area contributed by atoms with Crippen LogP contribution < -0.4 is 14.2 Å². The summed E-state index contributed by atoms with van der Waals surface area (Å²) in [5.41, 5.74) is 5.61. The van der Waals surface area contributed by atoms with Crippen molar-refractivity contribution >= 4 is 0 Å². The molecule has 0 amide bonds. The molecule has 5 nitrogen and oxygen atoms in total. The Morgan fingerprint density at radius 2 is 1.76 bits per heavy atom. The monoisotopic (exact) mass is 341 g/mol. The van der Waals surface area contributed by atoms with E-state index in [0.29, 0.717) is 17.5 Å². The number of nitrogens with zero attached hydrogens (tertiary/aromatic N) is 1. The number of hydrogen-bond acceptors (Lipinski definition) is 5. The number of fused-ring (bicyclic) bond motifs is 2. The van der Waals surface area contributed by atoms with E-state index >= 15 is 0 Å². The van der Waals surface area contributed by atoms with E-state index in [1.807, 2.05) is 6.07 Å². The highest BCUT2D eigenvalue weighted by Crippen LogP contribution is 2.56. The maximum Gasteiger partial charge on any atom is 0.169 e. The molecule has 1 atom stereocenters. The molecule has 2 aliphatic rings. The Balaban J connectivity index is 2.13. The number of benzene rings is 2. The van der Waals surface area contributed by atoms with Crippen LogP contribution in [-0.2, 0) is 12.8 Å². The van der Waals surface area contributed by atoms with Crippen molar-refractivity contribution in [3.8, 4) is 34.1 Å². The molecular formula is C20H23NO4. The fraction of sp³-hybridized carbons (Fsp3) is 0.400. The summed E-state index contributed by atoms with van der Waals surface area (Å²) in [6.07, 6.45) is 1.85. The van der Waals surface area contributed by atoms with E-state index in [1.54, 1.807) is 27.4 Å². The standard InChI is InChI=1S/C20H23NO4/c1-21-8-7-12-10-15(23-2)20(25-4)18-16(12)13(21)9-11-5-6-14(22)19(24-3)17(11)18/h5-6,10,13,22H,7-9H2,1-4H3/t13-/m1/s1. The van der Waals surface area contributed by atoms with Crippen LogP contribution in [0.2, 0.25) is 0 Å². The molecule has 4 rings (SSSR count). The van der Waals surface area contributed by atoms with Crippen molar-refractivity contribution < 1.29 is 19.3 Å². The zero-order valence-corrected chi connectivity index (χ0v) is 15.0. The molecule has 5 heteroatoms. The van der Waals surface area contributed by atoms with Gasteiger partial charge in [0.05, 0.1) is 21.3 Å². The van der Waals surface area contributed by atoms with Gasteiger partial charge in [-0.05, 0) is 48.7 Å². The molecule has 2 aromatic carbocycles. The van der Waals surface area contributed by atoms with Gasteiger partial charge in [0.1, 0.15) is 0 Å². The second-order valence-corrected chi connectivity index (χ2v) is 6.66. The molecule has 0 bridgehead atoms. The molecule has 0 saturated carbocycles. The number of likely N-dealkylation sites (N-methyl/N-ethyl adjacent to an activating group) is 1. The number of aromatic hydroxyl groups is 1. The van der Waals surface area contributed by atoms with Gasteiger partial charge in [-0.25, -0.2) is 0 Å². The minimum absolute atomic E-state index is 0.141. The van der Waals surface area contributed by atoms with Crippen molar-refractivity contribution in [1.82, 2.24) is 4.90 Å². The summed E-state index contributed by atoms with van der Waals surface area (Å²) in [5, 5.41) is 10.3. The Morgan fingerprint density at radius 3 is 2.44 bits per heavy atom. The van der Waals surface area contributed by atoms with Crippen molar-refractivity contribution in [2.45, 2.75) is 18.9 Å². The lowest BCUT2D eigenvalue weighted by Gasteiger charge is -2.40. The highest BCUT2D eigenvalue weighted by Gasteiger charge is 2.38. The molecule has 0 fully saturated rings. The van der Waals surface area contributed by atoms with E-state index < -0.39 is 0 Å². The quantitative estimate of drug-likeness (QED) is 0.929. The zero-order valence-electron chi connectivity index (χ0n) is 15.0. The summed E-state index contributed by atoms with van der Waals surface area (Å²) in [6, 6.07) is 6.08. The van der Waals surface area contributed by atoms with Crippen LogP contribution >= 0.6 is 0 Å². The average molecular weight is 341 g/mol. The van der Waals surface area contributed by atoms with Crippen LogP contribution in [0.4, 0.5) is 0 Å². The van der Waals surface area contributed by atoms with E-state index in [9.17, 15) is 5.11 Å². The van der Waals surface area contributed by atoms with Gasteiger partial charge in [0.15, 0.2) is 23.0 Å². The maximum atomic E-state index is 10.3. The van der Waals surface area contributed by atoms with Gasteiger partial charge in [0.25, 0.3) is 0 Å². The lowest BCUT2D eigenvalue weighted by atomic mass is 9.76. The number of rotatable bonds is 3. The molecule has 0 radical (unpaired) electrons. The van der Waals surface area contributed by atoms with Crippen LogP contribution in [0, 0.1) is 0 Å². The highest BCUT2D eigenvalue weighted by molar-refractivity contribution is 5.88. The molecular weight excluding hydrogens is 318 g/mol. The molecule has 1 heterocycles. The first kappa shape index (κ1) is 16.1. The van der Waals surface area contributed by atoms with E-state index in [2.05, 4.69) is 18.0 Å². The Morgan fingerprint density at radius 1 is 1.00 bits per heavy atom. The lowest BCUT2D eigenvalue weighted by molar-refractivity contribution is 0.226. The van der Waals surface area contributed by atoms with Crippen LogP contribution in [-0.4, -0.2) is 44.9 Å². The van der Waals surface area contributed by atoms with E-state index in [0.717, 1.165) is 41.8 Å². The van der Waals surface area contributed by atoms with Crippen molar-refractivity contribution in [1.29, 1.82) is 0 Å². The fourth-order valence-corrected chi connectivity index (χ4v) is 4.30. The third-order valence-corrected chi connectivity index (χ3v) is 5.49. The first-order valence-corrected chi connectivity index (χ1v) is 8.47. The highest BCUT2D eigenvalue weighted by atomic mass is 16.5. The van der Waals surface area contributed by atoms with Gasteiger partial charge in [0, 0.05) is 23.7 Å². The largest absolute Gasteiger partial charge is 0.504 e. The first-order valence-electron chi connectivity index (χ1n) is 8.47. The van der Waals surface area contributed by atoms with Crippen molar-refractivity contribution in [3.63, 3.8) is 0 Å². The average Bonchev–Trinajstić information content (AvgIpc) is 2.63. The van der Waals surface area contributed by atoms with Crippen LogP contribution in [0.3, 0.4) is 0 Å². The van der Waals surface area contributed by atoms with Crippen LogP contribution in [0.1, 0.15) is 22.7 Å². The maximum absolute atomic E-state index is 10.3. The molecule has 1 aliphatic heterocycles. The minimum Gasteiger partial charge on any atom is -0.504 e. The van der Waals surface area contributed by atoms with Crippen molar-refractivity contribution in [2.24, 2.45) is 0 Å². The lowest BCUT2D eigenvalue weighted by Crippen LogP contribution is -2.35. The second-order valence-electron chi connectivity index (χ2n) is 6.66.